The van der Waals surface area contributed by atoms with Gasteiger partial charge in [0.15, 0.2) is 0 Å². The van der Waals surface area contributed by atoms with Crippen LogP contribution in [0.15, 0.2) is 18.2 Å². The summed E-state index contributed by atoms with van der Waals surface area (Å²) in [5.74, 6) is -1.34. The van der Waals surface area contributed by atoms with Crippen LogP contribution < -0.4 is 5.32 Å². The fraction of sp³-hybridized carbons (Fsp3) is 0.300. The number of hydrogen-bond donors (Lipinski definition) is 3. The first-order valence-electron chi connectivity index (χ1n) is 4.45. The third-order valence-corrected chi connectivity index (χ3v) is 2.26. The van der Waals surface area contributed by atoms with E-state index in [1.807, 2.05) is 0 Å². The maximum atomic E-state index is 10.6. The van der Waals surface area contributed by atoms with Crippen molar-refractivity contribution in [1.29, 1.82) is 0 Å². The summed E-state index contributed by atoms with van der Waals surface area (Å²) >= 11 is 2.28. The van der Waals surface area contributed by atoms with Gasteiger partial charge in [0.2, 0.25) is 0 Å². The van der Waals surface area contributed by atoms with Crippen molar-refractivity contribution in [2.24, 2.45) is 0 Å². The molecule has 1 aromatic carbocycles. The van der Waals surface area contributed by atoms with Crippen LogP contribution in [0.1, 0.15) is 17.3 Å². The zero-order valence-electron chi connectivity index (χ0n) is 8.20. The van der Waals surface area contributed by atoms with Crippen molar-refractivity contribution in [2.75, 3.05) is 11.9 Å². The van der Waals surface area contributed by atoms with Crippen molar-refractivity contribution >= 4 is 34.2 Å². The van der Waals surface area contributed by atoms with Crippen molar-refractivity contribution < 1.29 is 15.0 Å². The van der Waals surface area contributed by atoms with Crippen LogP contribution in [0, 0.1) is 0 Å². The van der Waals surface area contributed by atoms with E-state index in [9.17, 15) is 9.90 Å². The van der Waals surface area contributed by atoms with Crippen LogP contribution in [-0.2, 0) is 0 Å². The van der Waals surface area contributed by atoms with Crippen LogP contribution in [0.4, 0.5) is 5.69 Å². The van der Waals surface area contributed by atoms with Gasteiger partial charge in [-0.25, -0.2) is 4.79 Å². The smallest absolute Gasteiger partial charge is 0.339 e. The lowest BCUT2D eigenvalue weighted by atomic mass is 10.2. The Hall–Kier alpha value is -0.980. The summed E-state index contributed by atoms with van der Waals surface area (Å²) in [5, 5.41) is 21.2. The Labute approximate surface area is 101 Å². The van der Waals surface area contributed by atoms with Gasteiger partial charge in [0.05, 0.1) is 0 Å². The molecule has 0 spiro atoms. The first-order chi connectivity index (χ1) is 7.00. The van der Waals surface area contributed by atoms with Gasteiger partial charge in [-0.05, 0) is 12.1 Å². The van der Waals surface area contributed by atoms with E-state index in [0.717, 1.165) is 12.2 Å². The van der Waals surface area contributed by atoms with E-state index in [1.54, 1.807) is 6.07 Å². The molecule has 0 saturated carbocycles. The zero-order chi connectivity index (χ0) is 11.4. The predicted octanol–water partition coefficient (Wildman–Crippen LogP) is 2.33. The molecule has 1 atom stereocenters. The standard InChI is InChI=1S/C10H12INO3/c1-6(11)5-12-7-2-3-8(10(14)15)9(13)4-7/h2-4,6,12-13H,5H2,1H3,(H,14,15)/t6-/m0/s1. The van der Waals surface area contributed by atoms with E-state index in [2.05, 4.69) is 34.8 Å². The molecule has 0 heterocycles. The number of anilines is 1. The van der Waals surface area contributed by atoms with Gasteiger partial charge in [-0.1, -0.05) is 29.5 Å². The molecule has 15 heavy (non-hydrogen) atoms. The third kappa shape index (κ3) is 3.58. The normalized spacial score (nSPS) is 12.1. The number of carboxylic acid groups (broad SMARTS) is 1. The lowest BCUT2D eigenvalue weighted by Gasteiger charge is -2.09. The molecule has 82 valence electrons. The Morgan fingerprint density at radius 2 is 2.27 bits per heavy atom. The third-order valence-electron chi connectivity index (χ3n) is 1.82. The summed E-state index contributed by atoms with van der Waals surface area (Å²) in [6.07, 6.45) is 0. The van der Waals surface area contributed by atoms with Crippen LogP contribution in [0.3, 0.4) is 0 Å². The minimum Gasteiger partial charge on any atom is -0.507 e. The van der Waals surface area contributed by atoms with Gasteiger partial charge >= 0.3 is 5.97 Å². The average Bonchev–Trinajstić information content (AvgIpc) is 2.14. The van der Waals surface area contributed by atoms with E-state index in [4.69, 9.17) is 5.11 Å². The predicted molar refractivity (Wildman–Crippen MR) is 67.0 cm³/mol. The topological polar surface area (TPSA) is 69.6 Å². The number of benzene rings is 1. The van der Waals surface area contributed by atoms with Gasteiger partial charge < -0.3 is 15.5 Å². The molecule has 0 amide bonds. The number of phenols is 1. The molecule has 3 N–H and O–H groups in total. The number of aromatic hydroxyl groups is 1. The Kier molecular flexibility index (Phi) is 4.19. The molecule has 0 bridgehead atoms. The number of carboxylic acids is 1. The summed E-state index contributed by atoms with van der Waals surface area (Å²) < 4.78 is 0.462. The van der Waals surface area contributed by atoms with Crippen LogP contribution >= 0.6 is 22.6 Å². The molecular weight excluding hydrogens is 309 g/mol. The van der Waals surface area contributed by atoms with Crippen LogP contribution in [0.2, 0.25) is 0 Å². The van der Waals surface area contributed by atoms with Crippen molar-refractivity contribution in [3.05, 3.63) is 23.8 Å². The zero-order valence-corrected chi connectivity index (χ0v) is 10.4. The molecule has 0 unspecified atom stereocenters. The lowest BCUT2D eigenvalue weighted by molar-refractivity contribution is 0.0694. The number of carbonyl (C=O) groups is 1. The molecule has 0 aliphatic rings. The Balaban J connectivity index is 2.78. The van der Waals surface area contributed by atoms with Gasteiger partial charge in [0.25, 0.3) is 0 Å². The Bertz CT molecular complexity index is 366. The van der Waals surface area contributed by atoms with Gasteiger partial charge in [-0.15, -0.1) is 0 Å². The first kappa shape index (κ1) is 12.1. The highest BCUT2D eigenvalue weighted by molar-refractivity contribution is 14.1. The van der Waals surface area contributed by atoms with Crippen molar-refractivity contribution in [2.45, 2.75) is 10.8 Å². The molecule has 0 radical (unpaired) electrons. The highest BCUT2D eigenvalue weighted by Crippen LogP contribution is 2.22. The van der Waals surface area contributed by atoms with Gasteiger partial charge in [0.1, 0.15) is 11.3 Å². The fourth-order valence-corrected chi connectivity index (χ4v) is 1.30. The fourth-order valence-electron chi connectivity index (χ4n) is 1.08. The highest BCUT2D eigenvalue weighted by Gasteiger charge is 2.09. The minimum absolute atomic E-state index is 0.0805. The molecule has 0 aromatic heterocycles. The van der Waals surface area contributed by atoms with Gasteiger partial charge in [-0.3, -0.25) is 0 Å². The molecule has 0 fully saturated rings. The molecule has 0 aliphatic carbocycles. The van der Waals surface area contributed by atoms with E-state index in [-0.39, 0.29) is 11.3 Å². The van der Waals surface area contributed by atoms with E-state index in [0.29, 0.717) is 3.92 Å². The van der Waals surface area contributed by atoms with Crippen molar-refractivity contribution in [3.8, 4) is 5.75 Å². The van der Waals surface area contributed by atoms with Crippen LogP contribution in [-0.4, -0.2) is 26.7 Å². The average molecular weight is 321 g/mol. The Morgan fingerprint density at radius 3 is 2.73 bits per heavy atom. The molecule has 1 rings (SSSR count). The maximum Gasteiger partial charge on any atom is 0.339 e. The van der Waals surface area contributed by atoms with Crippen LogP contribution in [0.25, 0.3) is 0 Å². The molecular formula is C10H12INO3. The molecule has 0 aliphatic heterocycles. The van der Waals surface area contributed by atoms with Gasteiger partial charge in [-0.2, -0.15) is 0 Å². The number of nitrogens with one attached hydrogen (secondary N) is 1. The van der Waals surface area contributed by atoms with Gasteiger partial charge in [0, 0.05) is 22.2 Å². The first-order valence-corrected chi connectivity index (χ1v) is 5.69. The van der Waals surface area contributed by atoms with Crippen molar-refractivity contribution in [3.63, 3.8) is 0 Å². The van der Waals surface area contributed by atoms with E-state index in [1.165, 1.54) is 12.1 Å². The highest BCUT2D eigenvalue weighted by atomic mass is 127. The van der Waals surface area contributed by atoms with E-state index >= 15 is 0 Å². The van der Waals surface area contributed by atoms with E-state index < -0.39 is 5.97 Å². The van der Waals surface area contributed by atoms with Crippen molar-refractivity contribution in [1.82, 2.24) is 0 Å². The number of aromatic carboxylic acids is 1. The molecule has 0 saturated heterocycles. The lowest BCUT2D eigenvalue weighted by Crippen LogP contribution is -2.10. The molecule has 4 nitrogen and oxygen atoms in total. The number of alkyl halides is 1. The summed E-state index contributed by atoms with van der Waals surface area (Å²) in [5.41, 5.74) is 0.643. The van der Waals surface area contributed by atoms with Crippen LogP contribution in [0.5, 0.6) is 5.75 Å². The second-order valence-electron chi connectivity index (χ2n) is 3.20. The second kappa shape index (κ2) is 5.20. The monoisotopic (exact) mass is 321 g/mol. The quantitative estimate of drug-likeness (QED) is 0.588. The number of halogens is 1. The number of hydrogen-bond acceptors (Lipinski definition) is 3. The summed E-state index contributed by atoms with van der Waals surface area (Å²) in [6.45, 7) is 2.82. The minimum atomic E-state index is -1.12. The summed E-state index contributed by atoms with van der Waals surface area (Å²) in [6, 6.07) is 4.45. The maximum absolute atomic E-state index is 10.6. The summed E-state index contributed by atoms with van der Waals surface area (Å²) in [4.78, 5) is 10.6. The molecule has 1 aromatic rings. The second-order valence-corrected chi connectivity index (χ2v) is 5.33. The summed E-state index contributed by atoms with van der Waals surface area (Å²) in [7, 11) is 0. The number of rotatable bonds is 4. The molecule has 5 heteroatoms. The Morgan fingerprint density at radius 1 is 1.60 bits per heavy atom. The largest absolute Gasteiger partial charge is 0.507 e. The SMILES string of the molecule is C[C@H](I)CNc1ccc(C(=O)O)c(O)c1.